The van der Waals surface area contributed by atoms with Gasteiger partial charge >= 0.3 is 0 Å². The number of nitrogens with one attached hydrogen (secondary N) is 1. The van der Waals surface area contributed by atoms with Crippen LogP contribution < -0.4 is 10.1 Å². The van der Waals surface area contributed by atoms with Crippen LogP contribution in [0.1, 0.15) is 31.0 Å². The summed E-state index contributed by atoms with van der Waals surface area (Å²) >= 11 is 0. The van der Waals surface area contributed by atoms with E-state index in [9.17, 15) is 10.1 Å². The second-order valence-electron chi connectivity index (χ2n) is 5.82. The first-order chi connectivity index (χ1) is 12.5. The lowest BCUT2D eigenvalue weighted by Crippen LogP contribution is -2.33. The average Bonchev–Trinajstić information content (AvgIpc) is 2.63. The molecule has 0 bridgehead atoms. The Hall–Kier alpha value is -3.00. The number of nitrogens with zero attached hydrogens (tertiary/aromatic N) is 2. The third-order valence-corrected chi connectivity index (χ3v) is 3.75. The maximum absolute atomic E-state index is 12.5. The van der Waals surface area contributed by atoms with E-state index in [1.807, 2.05) is 45.0 Å². The summed E-state index contributed by atoms with van der Waals surface area (Å²) in [5.41, 5.74) is 2.12. The first-order valence-electron chi connectivity index (χ1n) is 8.59. The molecule has 1 amide bonds. The summed E-state index contributed by atoms with van der Waals surface area (Å²) in [4.78, 5) is 14.0. The van der Waals surface area contributed by atoms with Crippen LogP contribution in [0.15, 0.2) is 55.3 Å². The molecule has 26 heavy (non-hydrogen) atoms. The summed E-state index contributed by atoms with van der Waals surface area (Å²) in [6.45, 7) is 14.5. The van der Waals surface area contributed by atoms with Gasteiger partial charge in [-0.15, -0.1) is 13.2 Å². The number of hydrogen-bond donors (Lipinski definition) is 1. The Morgan fingerprint density at radius 1 is 1.38 bits per heavy atom. The molecule has 0 aliphatic carbocycles. The molecule has 0 spiro atoms. The number of ether oxygens (including phenoxy) is 1. The Morgan fingerprint density at radius 3 is 2.58 bits per heavy atom. The summed E-state index contributed by atoms with van der Waals surface area (Å²) in [7, 11) is 0. The number of benzene rings is 1. The van der Waals surface area contributed by atoms with E-state index in [0.29, 0.717) is 19.7 Å². The van der Waals surface area contributed by atoms with Gasteiger partial charge in [0, 0.05) is 24.9 Å². The number of carbonyl (C=O) groups is 1. The van der Waals surface area contributed by atoms with Crippen molar-refractivity contribution in [2.75, 3.05) is 19.7 Å². The van der Waals surface area contributed by atoms with Gasteiger partial charge in [0.25, 0.3) is 5.91 Å². The van der Waals surface area contributed by atoms with Crippen molar-refractivity contribution in [3.05, 3.63) is 66.4 Å². The van der Waals surface area contributed by atoms with Crippen LogP contribution in [0.5, 0.6) is 5.75 Å². The Labute approximate surface area is 156 Å². The highest BCUT2D eigenvalue weighted by Crippen LogP contribution is 2.26. The van der Waals surface area contributed by atoms with Crippen LogP contribution >= 0.6 is 0 Å². The normalized spacial score (nSPS) is 11.8. The molecule has 0 aromatic heterocycles. The molecule has 1 atom stereocenters. The number of amides is 1. The maximum Gasteiger partial charge on any atom is 0.266 e. The molecule has 1 N–H and O–H groups in total. The molecule has 0 aliphatic rings. The lowest BCUT2D eigenvalue weighted by Gasteiger charge is -2.20. The van der Waals surface area contributed by atoms with E-state index >= 15 is 0 Å². The number of nitriles is 1. The number of rotatable bonds is 10. The molecule has 0 heterocycles. The van der Waals surface area contributed by atoms with Crippen LogP contribution in [0.4, 0.5) is 0 Å². The molecule has 0 fully saturated rings. The molecule has 0 aliphatic heterocycles. The van der Waals surface area contributed by atoms with Crippen molar-refractivity contribution in [1.82, 2.24) is 10.2 Å². The van der Waals surface area contributed by atoms with Crippen molar-refractivity contribution in [2.24, 2.45) is 0 Å². The minimum Gasteiger partial charge on any atom is -0.494 e. The predicted octanol–water partition coefficient (Wildman–Crippen LogP) is 3.65. The first kappa shape index (κ1) is 21.0. The molecule has 138 valence electrons. The van der Waals surface area contributed by atoms with Crippen LogP contribution in [-0.4, -0.2) is 30.5 Å². The van der Waals surface area contributed by atoms with E-state index in [2.05, 4.69) is 18.5 Å². The lowest BCUT2D eigenvalue weighted by atomic mass is 10.0. The summed E-state index contributed by atoms with van der Waals surface area (Å²) in [6.07, 6.45) is 4.70. The minimum atomic E-state index is -0.360. The molecule has 1 aromatic carbocycles. The van der Waals surface area contributed by atoms with Gasteiger partial charge < -0.3 is 15.0 Å². The van der Waals surface area contributed by atoms with Crippen molar-refractivity contribution in [3.8, 4) is 11.8 Å². The third kappa shape index (κ3) is 5.82. The zero-order chi connectivity index (χ0) is 19.5. The molecular formula is C21H27N3O2. The fourth-order valence-corrected chi connectivity index (χ4v) is 2.46. The summed E-state index contributed by atoms with van der Waals surface area (Å²) in [5, 5.41) is 12.5. The first-order valence-corrected chi connectivity index (χ1v) is 8.59. The van der Waals surface area contributed by atoms with Gasteiger partial charge in [-0.05, 0) is 26.8 Å². The van der Waals surface area contributed by atoms with Gasteiger partial charge in [-0.1, -0.05) is 29.8 Å². The van der Waals surface area contributed by atoms with Crippen molar-refractivity contribution >= 4 is 5.91 Å². The smallest absolute Gasteiger partial charge is 0.266 e. The monoisotopic (exact) mass is 353 g/mol. The fourth-order valence-electron chi connectivity index (χ4n) is 2.46. The van der Waals surface area contributed by atoms with Crippen LogP contribution in [0.3, 0.4) is 0 Å². The highest BCUT2D eigenvalue weighted by molar-refractivity contribution is 5.97. The molecule has 5 nitrogen and oxygen atoms in total. The van der Waals surface area contributed by atoms with Gasteiger partial charge in [0.05, 0.1) is 12.6 Å². The second-order valence-corrected chi connectivity index (χ2v) is 5.82. The molecule has 1 unspecified atom stereocenters. The minimum absolute atomic E-state index is 0.0335. The Balaban J connectivity index is 3.00. The molecule has 5 heteroatoms. The Morgan fingerprint density at radius 2 is 2.04 bits per heavy atom. The van der Waals surface area contributed by atoms with Crippen molar-refractivity contribution in [2.45, 2.75) is 26.8 Å². The van der Waals surface area contributed by atoms with E-state index in [1.54, 1.807) is 12.2 Å². The van der Waals surface area contributed by atoms with Crippen molar-refractivity contribution in [1.29, 1.82) is 5.26 Å². The fraction of sp³-hybridized carbons (Fsp3) is 0.333. The average molecular weight is 353 g/mol. The van der Waals surface area contributed by atoms with Gasteiger partial charge in [-0.3, -0.25) is 4.79 Å². The van der Waals surface area contributed by atoms with Gasteiger partial charge in [0.15, 0.2) is 0 Å². The highest BCUT2D eigenvalue weighted by atomic mass is 16.5. The van der Waals surface area contributed by atoms with E-state index < -0.39 is 0 Å². The van der Waals surface area contributed by atoms with Crippen LogP contribution in [0, 0.1) is 18.3 Å². The molecule has 1 aromatic rings. The Kier molecular flexibility index (Phi) is 8.72. The van der Waals surface area contributed by atoms with E-state index in [-0.39, 0.29) is 17.5 Å². The molecule has 0 radical (unpaired) electrons. The summed E-state index contributed by atoms with van der Waals surface area (Å²) in [6, 6.07) is 7.80. The topological polar surface area (TPSA) is 65.4 Å². The van der Waals surface area contributed by atoms with Gasteiger partial charge in [0.2, 0.25) is 0 Å². The SMILES string of the molecule is C=CCN(CC=C)C(=O)/C(C#N)=C\NC(C)c1cc(C)ccc1OCC. The standard InChI is InChI=1S/C21H27N3O2/c1-6-11-24(12-7-2)21(25)18(14-22)15-23-17(5)19-13-16(4)9-10-20(19)26-8-3/h6-7,9-10,13,15,17,23H,1-2,8,11-12H2,3-5H3/b18-15-. The van der Waals surface area contributed by atoms with E-state index in [0.717, 1.165) is 16.9 Å². The number of hydrogen-bond acceptors (Lipinski definition) is 4. The van der Waals surface area contributed by atoms with Gasteiger partial charge in [-0.25, -0.2) is 0 Å². The lowest BCUT2D eigenvalue weighted by molar-refractivity contribution is -0.125. The van der Waals surface area contributed by atoms with Gasteiger partial charge in [-0.2, -0.15) is 5.26 Å². The van der Waals surface area contributed by atoms with Crippen LogP contribution in [-0.2, 0) is 4.79 Å². The van der Waals surface area contributed by atoms with Crippen LogP contribution in [0.25, 0.3) is 0 Å². The number of carbonyl (C=O) groups excluding carboxylic acids is 1. The van der Waals surface area contributed by atoms with E-state index in [4.69, 9.17) is 4.74 Å². The second kappa shape index (κ2) is 10.8. The molecule has 1 rings (SSSR count). The van der Waals surface area contributed by atoms with Gasteiger partial charge in [0.1, 0.15) is 17.4 Å². The molecule has 0 saturated heterocycles. The van der Waals surface area contributed by atoms with Crippen LogP contribution in [0.2, 0.25) is 0 Å². The van der Waals surface area contributed by atoms with Crippen molar-refractivity contribution < 1.29 is 9.53 Å². The predicted molar refractivity (Wildman–Crippen MR) is 105 cm³/mol. The van der Waals surface area contributed by atoms with Crippen molar-refractivity contribution in [3.63, 3.8) is 0 Å². The molecular weight excluding hydrogens is 326 g/mol. The molecule has 0 saturated carbocycles. The summed E-state index contributed by atoms with van der Waals surface area (Å²) < 4.78 is 5.67. The Bertz CT molecular complexity index is 706. The summed E-state index contributed by atoms with van der Waals surface area (Å²) in [5.74, 6) is 0.428. The third-order valence-electron chi connectivity index (χ3n) is 3.75. The zero-order valence-electron chi connectivity index (χ0n) is 15.8. The largest absolute Gasteiger partial charge is 0.494 e. The quantitative estimate of drug-likeness (QED) is 0.396. The number of aryl methyl sites for hydroxylation is 1. The zero-order valence-corrected chi connectivity index (χ0v) is 15.8. The van der Waals surface area contributed by atoms with E-state index in [1.165, 1.54) is 11.1 Å². The maximum atomic E-state index is 12.5. The highest BCUT2D eigenvalue weighted by Gasteiger charge is 2.17.